The zero-order valence-corrected chi connectivity index (χ0v) is 22.8. The maximum Gasteiger partial charge on any atom is 0.416 e. The molecule has 0 atom stereocenters. The molecular formula is C27H27F6N7O2. The molecule has 0 bridgehead atoms. The molecule has 1 aliphatic heterocycles. The van der Waals surface area contributed by atoms with Crippen LogP contribution in [0.25, 0.3) is 11.3 Å². The second-order valence-corrected chi connectivity index (χ2v) is 11.9. The molecule has 1 saturated carbocycles. The van der Waals surface area contributed by atoms with Crippen molar-refractivity contribution in [2.75, 3.05) is 18.8 Å². The van der Waals surface area contributed by atoms with Gasteiger partial charge in [0.1, 0.15) is 28.7 Å². The average molecular weight is 596 g/mol. The number of ether oxygens (including phenoxy) is 1. The quantitative estimate of drug-likeness (QED) is 0.378. The highest BCUT2D eigenvalue weighted by Crippen LogP contribution is 2.55. The monoisotopic (exact) mass is 595 g/mol. The van der Waals surface area contributed by atoms with Crippen molar-refractivity contribution < 1.29 is 35.9 Å². The van der Waals surface area contributed by atoms with Gasteiger partial charge in [-0.3, -0.25) is 4.68 Å². The lowest BCUT2D eigenvalue weighted by Gasteiger charge is -2.58. The number of rotatable bonds is 4. The van der Waals surface area contributed by atoms with Gasteiger partial charge in [-0.2, -0.15) is 41.8 Å². The minimum atomic E-state index is -4.97. The van der Waals surface area contributed by atoms with Gasteiger partial charge in [-0.05, 0) is 57.4 Å². The Morgan fingerprint density at radius 1 is 1.10 bits per heavy atom. The minimum Gasteiger partial charge on any atom is -0.444 e. The van der Waals surface area contributed by atoms with Crippen LogP contribution in [0.4, 0.5) is 37.0 Å². The summed E-state index contributed by atoms with van der Waals surface area (Å²) in [6, 6.07) is 3.25. The Hall–Kier alpha value is -4.22. The van der Waals surface area contributed by atoms with E-state index in [1.165, 1.54) is 17.1 Å². The Bertz CT molecular complexity index is 1530. The van der Waals surface area contributed by atoms with E-state index in [-0.39, 0.29) is 52.8 Å². The highest BCUT2D eigenvalue weighted by molar-refractivity contribution is 5.72. The van der Waals surface area contributed by atoms with Crippen molar-refractivity contribution in [2.45, 2.75) is 64.2 Å². The normalized spacial score (nSPS) is 17.1. The van der Waals surface area contributed by atoms with Crippen molar-refractivity contribution >= 4 is 11.9 Å². The van der Waals surface area contributed by atoms with Gasteiger partial charge in [0.25, 0.3) is 0 Å². The summed E-state index contributed by atoms with van der Waals surface area (Å²) in [6.07, 6.45) is -6.25. The summed E-state index contributed by atoms with van der Waals surface area (Å²) in [5.74, 6) is 0.135. The van der Waals surface area contributed by atoms with Crippen LogP contribution in [0.3, 0.4) is 0 Å². The summed E-state index contributed by atoms with van der Waals surface area (Å²) < 4.78 is 87.6. The molecule has 2 N–H and O–H groups in total. The largest absolute Gasteiger partial charge is 0.444 e. The van der Waals surface area contributed by atoms with Crippen molar-refractivity contribution in [3.63, 3.8) is 0 Å². The van der Waals surface area contributed by atoms with E-state index in [1.807, 2.05) is 6.07 Å². The van der Waals surface area contributed by atoms with Crippen LogP contribution in [0, 0.1) is 16.7 Å². The third kappa shape index (κ3) is 5.62. The number of hydrogen-bond donors (Lipinski definition) is 1. The molecule has 0 radical (unpaired) electrons. The van der Waals surface area contributed by atoms with Crippen molar-refractivity contribution in [3.8, 4) is 17.3 Å². The second-order valence-electron chi connectivity index (χ2n) is 11.9. The van der Waals surface area contributed by atoms with E-state index >= 15 is 0 Å². The van der Waals surface area contributed by atoms with Gasteiger partial charge in [0.05, 0.1) is 29.9 Å². The fourth-order valence-corrected chi connectivity index (χ4v) is 5.50. The van der Waals surface area contributed by atoms with Crippen LogP contribution >= 0.6 is 0 Å². The molecule has 2 aromatic heterocycles. The third-order valence-corrected chi connectivity index (χ3v) is 7.35. The van der Waals surface area contributed by atoms with E-state index in [4.69, 9.17) is 10.5 Å². The maximum atomic E-state index is 13.2. The third-order valence-electron chi connectivity index (χ3n) is 7.35. The highest BCUT2D eigenvalue weighted by atomic mass is 19.4. The number of halogens is 6. The number of amides is 1. The van der Waals surface area contributed by atoms with Gasteiger partial charge in [-0.15, -0.1) is 0 Å². The number of hydrogen-bond acceptors (Lipinski definition) is 6. The molecule has 15 heteroatoms. The summed E-state index contributed by atoms with van der Waals surface area (Å²) in [4.78, 5) is 13.9. The molecule has 3 heterocycles. The zero-order valence-electron chi connectivity index (χ0n) is 22.8. The number of likely N-dealkylation sites (tertiary alicyclic amines) is 1. The molecule has 3 aromatic rings. The van der Waals surface area contributed by atoms with Crippen molar-refractivity contribution in [1.82, 2.24) is 24.5 Å². The number of benzene rings is 1. The van der Waals surface area contributed by atoms with Crippen LogP contribution in [0.15, 0.2) is 30.6 Å². The Kier molecular flexibility index (Phi) is 6.74. The van der Waals surface area contributed by atoms with E-state index in [1.54, 1.807) is 30.4 Å². The number of nitrogens with two attached hydrogens (primary N) is 1. The minimum absolute atomic E-state index is 0.0654. The fourth-order valence-electron chi connectivity index (χ4n) is 5.50. The predicted molar refractivity (Wildman–Crippen MR) is 137 cm³/mol. The molecule has 1 spiro atoms. The predicted octanol–water partition coefficient (Wildman–Crippen LogP) is 5.86. The van der Waals surface area contributed by atoms with Gasteiger partial charge in [0.2, 0.25) is 0 Å². The Morgan fingerprint density at radius 2 is 1.69 bits per heavy atom. The number of carbonyl (C=O) groups excluding carboxylic acids is 1. The molecule has 2 fully saturated rings. The maximum absolute atomic E-state index is 13.2. The van der Waals surface area contributed by atoms with Gasteiger partial charge < -0.3 is 15.4 Å². The van der Waals surface area contributed by atoms with Gasteiger partial charge in [0, 0.05) is 30.3 Å². The first-order chi connectivity index (χ1) is 19.4. The van der Waals surface area contributed by atoms with E-state index in [9.17, 15) is 36.4 Å². The number of nitrogen functional groups attached to an aromatic ring is 1. The van der Waals surface area contributed by atoms with Crippen LogP contribution in [-0.4, -0.2) is 49.2 Å². The van der Waals surface area contributed by atoms with Crippen molar-refractivity contribution in [3.05, 3.63) is 52.8 Å². The van der Waals surface area contributed by atoms with Crippen LogP contribution in [0.5, 0.6) is 0 Å². The van der Waals surface area contributed by atoms with Gasteiger partial charge in [0.15, 0.2) is 0 Å². The van der Waals surface area contributed by atoms with Crippen molar-refractivity contribution in [1.29, 1.82) is 5.26 Å². The van der Waals surface area contributed by atoms with Crippen molar-refractivity contribution in [2.24, 2.45) is 5.41 Å². The van der Waals surface area contributed by atoms with Gasteiger partial charge in [-0.1, -0.05) is 0 Å². The summed E-state index contributed by atoms with van der Waals surface area (Å²) in [7, 11) is 0. The van der Waals surface area contributed by atoms with Gasteiger partial charge in [-0.25, -0.2) is 9.48 Å². The molecule has 1 saturated heterocycles. The smallest absolute Gasteiger partial charge is 0.416 e. The number of aromatic nitrogens is 4. The molecule has 2 aliphatic rings. The number of carbonyl (C=O) groups is 1. The molecular weight excluding hydrogens is 568 g/mol. The lowest BCUT2D eigenvalue weighted by Crippen LogP contribution is -2.64. The number of alkyl halides is 6. The topological polar surface area (TPSA) is 115 Å². The first-order valence-corrected chi connectivity index (χ1v) is 12.9. The number of nitriles is 1. The van der Waals surface area contributed by atoms with Crippen LogP contribution in [0.2, 0.25) is 0 Å². The van der Waals surface area contributed by atoms with E-state index in [2.05, 4.69) is 10.2 Å². The molecule has 1 amide bonds. The first-order valence-electron chi connectivity index (χ1n) is 12.9. The molecule has 5 rings (SSSR count). The lowest BCUT2D eigenvalue weighted by molar-refractivity contribution is -0.143. The highest BCUT2D eigenvalue weighted by Gasteiger charge is 2.55. The van der Waals surface area contributed by atoms with Crippen LogP contribution in [0.1, 0.15) is 61.9 Å². The lowest BCUT2D eigenvalue weighted by atomic mass is 9.61. The summed E-state index contributed by atoms with van der Waals surface area (Å²) >= 11 is 0. The fraction of sp³-hybridized carbons (Fsp3) is 0.481. The van der Waals surface area contributed by atoms with Gasteiger partial charge >= 0.3 is 18.4 Å². The molecule has 42 heavy (non-hydrogen) atoms. The molecule has 1 aliphatic carbocycles. The Balaban J connectivity index is 1.31. The molecule has 1 aromatic carbocycles. The summed E-state index contributed by atoms with van der Waals surface area (Å²) in [5, 5.41) is 18.4. The molecule has 224 valence electrons. The van der Waals surface area contributed by atoms with Crippen LogP contribution < -0.4 is 5.73 Å². The summed E-state index contributed by atoms with van der Waals surface area (Å²) in [5.41, 5.74) is 3.09. The standard InChI is InChI=1S/C27H27F6N7O2/c1-24(2,3)42-23(41)38-13-25(14-38)7-19(8-25)40-22(35)20(9-34)21(37-40)16-10-36-39(12-16)11-15-4-17(26(28,29)30)6-18(5-15)27(31,32)33/h4-6,10,12,19H,7-8,11,13-14,35H2,1-3H3. The Morgan fingerprint density at radius 3 is 2.21 bits per heavy atom. The van der Waals surface area contributed by atoms with E-state index < -0.39 is 29.1 Å². The zero-order chi connectivity index (χ0) is 30.8. The number of anilines is 1. The Labute approximate surface area is 236 Å². The number of nitrogens with zero attached hydrogens (tertiary/aromatic N) is 6. The first kappa shape index (κ1) is 29.3. The molecule has 9 nitrogen and oxygen atoms in total. The van der Waals surface area contributed by atoms with E-state index in [0.717, 1.165) is 0 Å². The van der Waals surface area contributed by atoms with Crippen LogP contribution in [-0.2, 0) is 23.6 Å². The van der Waals surface area contributed by atoms with E-state index in [0.29, 0.717) is 43.6 Å². The molecule has 0 unspecified atom stereocenters. The SMILES string of the molecule is CC(C)(C)OC(=O)N1CC2(CC(n3nc(-c4cnn(Cc5cc(C(F)(F)F)cc(C(F)(F)F)c5)c4)c(C#N)c3N)C2)C1. The summed E-state index contributed by atoms with van der Waals surface area (Å²) in [6.45, 7) is 6.08. The average Bonchev–Trinajstić information content (AvgIpc) is 3.38. The second kappa shape index (κ2) is 9.67.